The molecule has 6 N–H and O–H groups in total. The first-order valence-corrected chi connectivity index (χ1v) is 43.5. The third kappa shape index (κ3) is 25.0. The molecule has 38 heteroatoms. The number of Topliss-reactive ketones (excluding diaryl/α,β-unsaturated/α-hetero) is 2. The van der Waals surface area contributed by atoms with Crippen molar-refractivity contribution >= 4 is 84.9 Å². The molecule has 0 unspecified atom stereocenters. The van der Waals surface area contributed by atoms with Crippen LogP contribution in [0.15, 0.2) is 144 Å². The minimum absolute atomic E-state index is 0.0165. The normalized spacial score (nSPS) is 11.6. The van der Waals surface area contributed by atoms with Gasteiger partial charge in [-0.3, -0.25) is 46.6 Å². The van der Waals surface area contributed by atoms with Gasteiger partial charge in [-0.15, -0.1) is 0 Å². The largest absolute Gasteiger partial charge is 0.493 e. The predicted molar refractivity (Wildman–Crippen MR) is 395 cm³/mol. The lowest BCUT2D eigenvalue weighted by molar-refractivity contribution is 0.0978. The van der Waals surface area contributed by atoms with Crippen LogP contribution in [0.2, 0.25) is 36.2 Å². The van der Waals surface area contributed by atoms with Crippen LogP contribution in [0, 0.1) is 34.6 Å². The second-order valence-electron chi connectivity index (χ2n) is 23.3. The van der Waals surface area contributed by atoms with E-state index in [9.17, 15) is 65.8 Å². The summed E-state index contributed by atoms with van der Waals surface area (Å²) in [5, 5.41) is 11.3. The number of nitrogens with zero attached hydrogens (tertiary/aromatic N) is 5. The number of rotatable bonds is 32. The van der Waals surface area contributed by atoms with Gasteiger partial charge in [0.25, 0.3) is 11.1 Å². The van der Waals surface area contributed by atoms with Crippen molar-refractivity contribution in [2.45, 2.75) is 98.5 Å². The van der Waals surface area contributed by atoms with Gasteiger partial charge in [0.05, 0.1) is 45.7 Å². The van der Waals surface area contributed by atoms with E-state index in [1.54, 1.807) is 47.6 Å². The average molecular weight is 1610 g/mol. The zero-order valence-electron chi connectivity index (χ0n) is 59.1. The minimum atomic E-state index is -5.39. The molecule has 8 aromatic rings. The summed E-state index contributed by atoms with van der Waals surface area (Å²) in [6, 6.07) is 24.6. The highest BCUT2D eigenvalue weighted by Crippen LogP contribution is 2.70. The average Bonchev–Trinajstić information content (AvgIpc) is 0.777. The van der Waals surface area contributed by atoms with Gasteiger partial charge in [0.15, 0.2) is 46.2 Å². The van der Waals surface area contributed by atoms with Gasteiger partial charge in [-0.1, -0.05) is 61.5 Å². The Hall–Kier alpha value is -8.17. The third-order valence-electron chi connectivity index (χ3n) is 13.3. The summed E-state index contributed by atoms with van der Waals surface area (Å²) in [4.78, 5) is 98.9. The maximum absolute atomic E-state index is 15.5. The van der Waals surface area contributed by atoms with Crippen LogP contribution in [-0.4, -0.2) is 109 Å². The number of nitrogens with one attached hydrogen (secondary N) is 2. The van der Waals surface area contributed by atoms with Gasteiger partial charge in [-0.2, -0.15) is 5.26 Å². The molecule has 0 aliphatic heterocycles. The van der Waals surface area contributed by atoms with Gasteiger partial charge in [0.1, 0.15) is 55.9 Å². The zero-order valence-corrected chi connectivity index (χ0v) is 65.2. The van der Waals surface area contributed by atoms with Gasteiger partial charge < -0.3 is 67.2 Å². The third-order valence-corrected chi connectivity index (χ3v) is 23.0. The van der Waals surface area contributed by atoms with Crippen LogP contribution in [0.1, 0.15) is 80.3 Å². The van der Waals surface area contributed by atoms with E-state index in [1.165, 1.54) is 103 Å². The van der Waals surface area contributed by atoms with E-state index < -0.39 is 118 Å². The predicted octanol–water partition coefficient (Wildman–Crippen LogP) is 16.3. The second-order valence-corrected chi connectivity index (χ2v) is 38.5. The maximum Gasteiger partial charge on any atom is 0.365 e. The molecular formula is C68H79Cl2F4N7O20P4Si. The van der Waals surface area contributed by atoms with Gasteiger partial charge in [0, 0.05) is 76.1 Å². The fraction of sp³-hybridized carbons (Fsp3) is 0.309. The first-order chi connectivity index (χ1) is 49.8. The van der Waals surface area contributed by atoms with Crippen molar-refractivity contribution in [1.29, 1.82) is 5.26 Å². The molecule has 8 rings (SSSR count). The molecule has 0 amide bonds. The van der Waals surface area contributed by atoms with Gasteiger partial charge in [-0.25, -0.2) is 27.5 Å². The number of nitriles is 1. The Kier molecular flexibility index (Phi) is 33.5. The molecule has 4 aromatic carbocycles. The molecule has 0 aliphatic carbocycles. The van der Waals surface area contributed by atoms with Crippen LogP contribution in [-0.2, 0) is 49.2 Å². The molecule has 4 heterocycles. The van der Waals surface area contributed by atoms with Crippen LogP contribution in [0.4, 0.5) is 29.2 Å². The molecule has 0 saturated carbocycles. The van der Waals surface area contributed by atoms with E-state index in [-0.39, 0.29) is 108 Å². The molecule has 0 bridgehead atoms. The quantitative estimate of drug-likeness (QED) is 0.00987. The van der Waals surface area contributed by atoms with E-state index in [1.807, 2.05) is 5.32 Å². The highest BCUT2D eigenvalue weighted by Gasteiger charge is 2.52. The van der Waals surface area contributed by atoms with Crippen LogP contribution < -0.4 is 40.7 Å². The lowest BCUT2D eigenvalue weighted by atomic mass is 10.0. The number of benzene rings is 4. The number of hydrogen-bond acceptors (Lipinski definition) is 21. The molecule has 0 aliphatic rings. The molecule has 106 heavy (non-hydrogen) atoms. The number of carbonyl (C=O) groups excluding carboxylic acids is 2. The van der Waals surface area contributed by atoms with Gasteiger partial charge in [0.2, 0.25) is 11.0 Å². The molecule has 572 valence electrons. The standard InChI is InChI=1S/C35H40ClF2N3O10P2.C27H24ClF2N3O10P2.C4H12Si.C2H3N/c1-6-46-29-18-20-41(25-14-12-24(37)13-15-25)34(43)31(29)27(42)22-23-11-16-28(26(38)21-23)51-30-17-19-39-33(32(30)36)40-35(52(44,47-7-2)48-8-3)53(45,49-9-4)50-10-5;1-2-42-21-10-12-33(17-6-4-16(29)5-7-17)26(35)23(21)19(34)14-15-3-8-20(18(30)13-15)43-22-9-11-31-25(24(22)28)32-27(44(36,37)38)45(39,40)41;1-5(2,3)4;1-2-3/h11-21,35H,6-10,22H2,1-5H3,(H,39,40);3-13,27H,2,14H2,1H3,(H,31,32)(H2,36,37,38)(H2,39,40,41);1-4H3;1H3. The first kappa shape index (κ1) is 88.5. The Morgan fingerprint density at radius 1 is 0.519 bits per heavy atom. The van der Waals surface area contributed by atoms with E-state index in [0.717, 1.165) is 47.2 Å². The summed E-state index contributed by atoms with van der Waals surface area (Å²) in [7, 11) is -19.9. The molecule has 0 fully saturated rings. The summed E-state index contributed by atoms with van der Waals surface area (Å²) in [6.45, 7) is 20.5. The number of ketones is 2. The summed E-state index contributed by atoms with van der Waals surface area (Å²) in [6.07, 6.45) is 4.30. The van der Waals surface area contributed by atoms with Crippen molar-refractivity contribution in [3.8, 4) is 51.9 Å². The zero-order chi connectivity index (χ0) is 79.1. The Labute approximate surface area is 619 Å². The minimum Gasteiger partial charge on any atom is -0.493 e. The van der Waals surface area contributed by atoms with E-state index in [4.69, 9.17) is 65.5 Å². The number of aromatic nitrogens is 4. The molecule has 0 radical (unpaired) electrons. The van der Waals surface area contributed by atoms with Crippen molar-refractivity contribution < 1.29 is 102 Å². The summed E-state index contributed by atoms with van der Waals surface area (Å²) < 4.78 is 155. The van der Waals surface area contributed by atoms with Gasteiger partial charge in [-0.05, 0) is 138 Å². The van der Waals surface area contributed by atoms with Crippen LogP contribution >= 0.6 is 53.6 Å². The fourth-order valence-corrected chi connectivity index (χ4v) is 16.7. The van der Waals surface area contributed by atoms with E-state index >= 15 is 8.78 Å². The molecule has 0 atom stereocenters. The van der Waals surface area contributed by atoms with Crippen LogP contribution in [0.25, 0.3) is 11.4 Å². The highest BCUT2D eigenvalue weighted by molar-refractivity contribution is 7.73. The van der Waals surface area contributed by atoms with Crippen LogP contribution in [0.5, 0.6) is 34.5 Å². The molecule has 27 nitrogen and oxygen atoms in total. The fourth-order valence-electron chi connectivity index (χ4n) is 9.20. The molecule has 0 saturated heterocycles. The highest BCUT2D eigenvalue weighted by atomic mass is 35.5. The van der Waals surface area contributed by atoms with Crippen molar-refractivity contribution in [2.75, 3.05) is 50.3 Å². The SMILES string of the molecule is CC#N.CCOc1ccn(-c2ccc(F)cc2)c(=O)c1C(=O)Cc1ccc(Oc2ccnc(NC(P(=O)(O)O)P(=O)(O)O)c2Cl)c(F)c1.CCOc1ccn(-c2ccc(F)cc2)c(=O)c1C(=O)Cc1ccc(Oc2ccnc(NC(P(=O)(OCC)OCC)P(=O)(OCC)OCC)c2Cl)c(F)c1.C[Si](C)(C)C. The number of anilines is 2. The molecule has 4 aromatic heterocycles. The maximum atomic E-state index is 15.5. The van der Waals surface area contributed by atoms with Crippen molar-refractivity contribution in [2.24, 2.45) is 0 Å². The summed E-state index contributed by atoms with van der Waals surface area (Å²) >= 11 is 12.8. The molecule has 0 spiro atoms. The lowest BCUT2D eigenvalue weighted by Gasteiger charge is -2.32. The molecular weight excluding hydrogens is 1530 g/mol. The van der Waals surface area contributed by atoms with Crippen LogP contribution in [0.3, 0.4) is 0 Å². The number of pyridine rings is 4. The number of halogens is 6. The van der Waals surface area contributed by atoms with Crippen molar-refractivity contribution in [3.05, 3.63) is 210 Å². The second kappa shape index (κ2) is 40.1. The van der Waals surface area contributed by atoms with Crippen molar-refractivity contribution in [1.82, 2.24) is 19.1 Å². The number of hydrogen-bond donors (Lipinski definition) is 6. The Morgan fingerprint density at radius 2 is 0.840 bits per heavy atom. The van der Waals surface area contributed by atoms with E-state index in [2.05, 4.69) is 41.5 Å². The summed E-state index contributed by atoms with van der Waals surface area (Å²) in [5.41, 5.74) is -5.32. The summed E-state index contributed by atoms with van der Waals surface area (Å²) in [5.74, 6) is -5.91. The van der Waals surface area contributed by atoms with E-state index in [0.29, 0.717) is 11.4 Å². The lowest BCUT2D eigenvalue weighted by Crippen LogP contribution is -2.27. The topological polar surface area (TPSA) is 375 Å². The van der Waals surface area contributed by atoms with Crippen molar-refractivity contribution in [3.63, 3.8) is 0 Å². The first-order valence-electron chi connectivity index (χ1n) is 32.1. The Bertz CT molecular complexity index is 4660. The Balaban J connectivity index is 0.000000349. The number of carbonyl (C=O) groups is 2. The Morgan fingerprint density at radius 3 is 1.13 bits per heavy atom. The number of ether oxygens (including phenoxy) is 4. The smallest absolute Gasteiger partial charge is 0.365 e. The van der Waals surface area contributed by atoms with Gasteiger partial charge >= 0.3 is 30.4 Å². The monoisotopic (exact) mass is 1610 g/mol.